The van der Waals surface area contributed by atoms with Crippen LogP contribution in [0.5, 0.6) is 0 Å². The van der Waals surface area contributed by atoms with Crippen LogP contribution in [0, 0.1) is 0 Å². The summed E-state index contributed by atoms with van der Waals surface area (Å²) in [6.07, 6.45) is 0. The van der Waals surface area contributed by atoms with Crippen molar-refractivity contribution in [3.05, 3.63) is 28.8 Å². The third-order valence-corrected chi connectivity index (χ3v) is 3.49. The molecule has 0 amide bonds. The summed E-state index contributed by atoms with van der Waals surface area (Å²) in [5.41, 5.74) is 2.66. The van der Waals surface area contributed by atoms with Gasteiger partial charge in [0.1, 0.15) is 4.83 Å². The lowest BCUT2D eigenvalue weighted by molar-refractivity contribution is 0.765. The summed E-state index contributed by atoms with van der Waals surface area (Å²) in [7, 11) is 0. The van der Waals surface area contributed by atoms with Gasteiger partial charge in [0.25, 0.3) is 0 Å². The Hall–Kier alpha value is -0.890. The summed E-state index contributed by atoms with van der Waals surface area (Å²) in [4.78, 5) is 5.94. The molecule has 0 fully saturated rings. The highest BCUT2D eigenvalue weighted by atomic mass is 32.1. The Bertz CT molecular complexity index is 426. The van der Waals surface area contributed by atoms with Crippen LogP contribution in [0.4, 0.5) is 0 Å². The molecule has 0 saturated carbocycles. The van der Waals surface area contributed by atoms with E-state index in [2.05, 4.69) is 45.2 Å². The first-order valence-corrected chi connectivity index (χ1v) is 6.35. The van der Waals surface area contributed by atoms with Gasteiger partial charge in [0, 0.05) is 11.1 Å². The molecular formula is C13H17NS. The second-order valence-corrected chi connectivity index (χ2v) is 5.48. The van der Waals surface area contributed by atoms with Crippen LogP contribution in [0.25, 0.3) is 10.2 Å². The first-order valence-electron chi connectivity index (χ1n) is 5.47. The predicted molar refractivity (Wildman–Crippen MR) is 67.8 cm³/mol. The molecule has 0 radical (unpaired) electrons. The second kappa shape index (κ2) is 3.93. The fourth-order valence-corrected chi connectivity index (χ4v) is 2.61. The van der Waals surface area contributed by atoms with E-state index in [1.54, 1.807) is 11.3 Å². The monoisotopic (exact) mass is 219 g/mol. The molecule has 0 aliphatic carbocycles. The van der Waals surface area contributed by atoms with E-state index >= 15 is 0 Å². The van der Waals surface area contributed by atoms with Crippen molar-refractivity contribution in [2.75, 3.05) is 0 Å². The smallest absolute Gasteiger partial charge is 0.123 e. The normalized spacial score (nSPS) is 11.9. The van der Waals surface area contributed by atoms with Crippen LogP contribution in [0.15, 0.2) is 17.5 Å². The van der Waals surface area contributed by atoms with E-state index < -0.39 is 0 Å². The van der Waals surface area contributed by atoms with Gasteiger partial charge >= 0.3 is 0 Å². The van der Waals surface area contributed by atoms with Gasteiger partial charge in [-0.2, -0.15) is 0 Å². The predicted octanol–water partition coefficient (Wildman–Crippen LogP) is 4.54. The van der Waals surface area contributed by atoms with Crippen LogP contribution >= 0.6 is 11.3 Å². The van der Waals surface area contributed by atoms with Crippen molar-refractivity contribution in [2.24, 2.45) is 0 Å². The van der Waals surface area contributed by atoms with E-state index in [4.69, 9.17) is 4.98 Å². The summed E-state index contributed by atoms with van der Waals surface area (Å²) in [5, 5.41) is 3.40. The molecule has 2 heteroatoms. The minimum Gasteiger partial charge on any atom is -0.241 e. The maximum absolute atomic E-state index is 4.77. The molecule has 80 valence electrons. The fourth-order valence-electron chi connectivity index (χ4n) is 1.85. The SMILES string of the molecule is CC(C)c1cc2ccsc2nc1C(C)C. The number of aromatic nitrogens is 1. The highest BCUT2D eigenvalue weighted by Gasteiger charge is 2.13. The molecular weight excluding hydrogens is 202 g/mol. The van der Waals surface area contributed by atoms with Gasteiger partial charge in [-0.05, 0) is 34.9 Å². The van der Waals surface area contributed by atoms with Crippen molar-refractivity contribution < 1.29 is 0 Å². The lowest BCUT2D eigenvalue weighted by atomic mass is 9.95. The zero-order valence-corrected chi connectivity index (χ0v) is 10.6. The number of thiophene rings is 1. The van der Waals surface area contributed by atoms with Gasteiger partial charge < -0.3 is 0 Å². The van der Waals surface area contributed by atoms with E-state index in [1.807, 2.05) is 0 Å². The summed E-state index contributed by atoms with van der Waals surface area (Å²) in [6, 6.07) is 4.46. The van der Waals surface area contributed by atoms with Crippen molar-refractivity contribution in [1.82, 2.24) is 4.98 Å². The molecule has 0 N–H and O–H groups in total. The third kappa shape index (κ3) is 1.91. The summed E-state index contributed by atoms with van der Waals surface area (Å²) in [6.45, 7) is 8.91. The summed E-state index contributed by atoms with van der Waals surface area (Å²) < 4.78 is 0. The highest BCUT2D eigenvalue weighted by molar-refractivity contribution is 7.16. The highest BCUT2D eigenvalue weighted by Crippen LogP contribution is 2.29. The van der Waals surface area contributed by atoms with Crippen LogP contribution in [-0.4, -0.2) is 4.98 Å². The summed E-state index contributed by atoms with van der Waals surface area (Å²) >= 11 is 1.73. The van der Waals surface area contributed by atoms with Gasteiger partial charge in [-0.3, -0.25) is 0 Å². The molecule has 2 rings (SSSR count). The van der Waals surface area contributed by atoms with E-state index in [0.29, 0.717) is 11.8 Å². The molecule has 2 aromatic rings. The largest absolute Gasteiger partial charge is 0.241 e. The van der Waals surface area contributed by atoms with E-state index in [9.17, 15) is 0 Å². The Labute approximate surface area is 95.2 Å². The molecule has 1 nitrogen and oxygen atoms in total. The Morgan fingerprint density at radius 2 is 1.87 bits per heavy atom. The molecule has 15 heavy (non-hydrogen) atoms. The fraction of sp³-hybridized carbons (Fsp3) is 0.462. The van der Waals surface area contributed by atoms with Crippen molar-refractivity contribution in [3.8, 4) is 0 Å². The van der Waals surface area contributed by atoms with Crippen molar-refractivity contribution >= 4 is 21.6 Å². The molecule has 2 heterocycles. The van der Waals surface area contributed by atoms with E-state index in [-0.39, 0.29) is 0 Å². The Morgan fingerprint density at radius 3 is 2.47 bits per heavy atom. The van der Waals surface area contributed by atoms with Crippen molar-refractivity contribution in [2.45, 2.75) is 39.5 Å². The van der Waals surface area contributed by atoms with Crippen molar-refractivity contribution in [1.29, 1.82) is 0 Å². The van der Waals surface area contributed by atoms with Gasteiger partial charge in [0.15, 0.2) is 0 Å². The maximum Gasteiger partial charge on any atom is 0.123 e. The Balaban J connectivity index is 2.68. The summed E-state index contributed by atoms with van der Waals surface area (Å²) in [5.74, 6) is 1.06. The molecule has 0 aromatic carbocycles. The number of nitrogens with zero attached hydrogens (tertiary/aromatic N) is 1. The number of hydrogen-bond acceptors (Lipinski definition) is 2. The first kappa shape index (κ1) is 10.6. The molecule has 0 spiro atoms. The van der Waals surface area contributed by atoms with Gasteiger partial charge in [-0.25, -0.2) is 4.98 Å². The lowest BCUT2D eigenvalue weighted by Gasteiger charge is -2.14. The maximum atomic E-state index is 4.77. The standard InChI is InChI=1S/C13H17NS/c1-8(2)11-7-10-5-6-15-13(10)14-12(11)9(3)4/h5-9H,1-4H3. The second-order valence-electron chi connectivity index (χ2n) is 4.59. The number of pyridine rings is 1. The Morgan fingerprint density at radius 1 is 1.13 bits per heavy atom. The van der Waals surface area contributed by atoms with Crippen LogP contribution in [0.2, 0.25) is 0 Å². The molecule has 0 aliphatic heterocycles. The van der Waals surface area contributed by atoms with Crippen LogP contribution in [-0.2, 0) is 0 Å². The minimum atomic E-state index is 0.508. The average Bonchev–Trinajstić information content (AvgIpc) is 2.61. The van der Waals surface area contributed by atoms with Crippen molar-refractivity contribution in [3.63, 3.8) is 0 Å². The van der Waals surface area contributed by atoms with Gasteiger partial charge in [0.2, 0.25) is 0 Å². The molecule has 2 aromatic heterocycles. The first-order chi connectivity index (χ1) is 7.09. The van der Waals surface area contributed by atoms with Gasteiger partial charge in [0.05, 0.1) is 0 Å². The van der Waals surface area contributed by atoms with E-state index in [1.165, 1.54) is 21.5 Å². The van der Waals surface area contributed by atoms with E-state index in [0.717, 1.165) is 0 Å². The number of hydrogen-bond donors (Lipinski definition) is 0. The third-order valence-electron chi connectivity index (χ3n) is 2.67. The van der Waals surface area contributed by atoms with Crippen LogP contribution in [0.3, 0.4) is 0 Å². The van der Waals surface area contributed by atoms with Crippen LogP contribution < -0.4 is 0 Å². The average molecular weight is 219 g/mol. The lowest BCUT2D eigenvalue weighted by Crippen LogP contribution is -2.01. The number of rotatable bonds is 2. The molecule has 0 saturated heterocycles. The molecule has 0 unspecified atom stereocenters. The molecule has 0 aliphatic rings. The van der Waals surface area contributed by atoms with Gasteiger partial charge in [-0.1, -0.05) is 27.7 Å². The topological polar surface area (TPSA) is 12.9 Å². The van der Waals surface area contributed by atoms with Crippen LogP contribution in [0.1, 0.15) is 50.8 Å². The van der Waals surface area contributed by atoms with Gasteiger partial charge in [-0.15, -0.1) is 11.3 Å². The Kier molecular flexibility index (Phi) is 2.79. The zero-order chi connectivity index (χ0) is 11.0. The molecule has 0 atom stereocenters. The quantitative estimate of drug-likeness (QED) is 0.722. The molecule has 0 bridgehead atoms. The zero-order valence-electron chi connectivity index (χ0n) is 9.74. The number of fused-ring (bicyclic) bond motifs is 1. The minimum absolute atomic E-state index is 0.508.